The first-order valence-electron chi connectivity index (χ1n) is 6.83. The van der Waals surface area contributed by atoms with Crippen LogP contribution in [-0.2, 0) is 9.59 Å². The van der Waals surface area contributed by atoms with Gasteiger partial charge in [-0.15, -0.1) is 0 Å². The second-order valence-electron chi connectivity index (χ2n) is 4.78. The highest BCUT2D eigenvalue weighted by molar-refractivity contribution is 7.80. The zero-order chi connectivity index (χ0) is 16.2. The molecule has 0 radical (unpaired) electrons. The summed E-state index contributed by atoms with van der Waals surface area (Å²) in [5, 5.41) is 4.80. The Morgan fingerprint density at radius 3 is 2.22 bits per heavy atom. The van der Waals surface area contributed by atoms with Crippen LogP contribution in [0.2, 0.25) is 0 Å². The largest absolute Gasteiger partial charge is 0.457 e. The van der Waals surface area contributed by atoms with Crippen molar-refractivity contribution in [2.24, 2.45) is 0 Å². The fraction of sp³-hybridized carbons (Fsp3) is 0. The molecule has 6 heteroatoms. The molecule has 2 N–H and O–H groups in total. The molecule has 3 rings (SSSR count). The van der Waals surface area contributed by atoms with Gasteiger partial charge in [0.05, 0.1) is 0 Å². The minimum absolute atomic E-state index is 0.00420. The van der Waals surface area contributed by atoms with Gasteiger partial charge in [-0.3, -0.25) is 20.2 Å². The first kappa shape index (κ1) is 14.9. The first-order chi connectivity index (χ1) is 11.1. The van der Waals surface area contributed by atoms with Gasteiger partial charge in [-0.05, 0) is 48.1 Å². The molecule has 2 aromatic carbocycles. The van der Waals surface area contributed by atoms with Crippen LogP contribution in [0.3, 0.4) is 0 Å². The van der Waals surface area contributed by atoms with Crippen molar-refractivity contribution in [3.05, 3.63) is 65.7 Å². The SMILES string of the molecule is O=C1NC(=S)NC(=O)C1=Cc1cccc(Oc2ccccc2)c1. The summed E-state index contributed by atoms with van der Waals surface area (Å²) in [6.45, 7) is 0. The third-order valence-corrected chi connectivity index (χ3v) is 3.30. The molecular formula is C17H12N2O3S. The quantitative estimate of drug-likeness (QED) is 0.517. The summed E-state index contributed by atoms with van der Waals surface area (Å²) >= 11 is 4.76. The van der Waals surface area contributed by atoms with Crippen LogP contribution in [0.5, 0.6) is 11.5 Å². The lowest BCUT2D eigenvalue weighted by atomic mass is 10.1. The van der Waals surface area contributed by atoms with Crippen molar-refractivity contribution in [2.75, 3.05) is 0 Å². The molecule has 1 fully saturated rings. The van der Waals surface area contributed by atoms with Crippen molar-refractivity contribution in [1.29, 1.82) is 0 Å². The summed E-state index contributed by atoms with van der Waals surface area (Å²) in [5.41, 5.74) is 0.669. The number of hydrogen-bond acceptors (Lipinski definition) is 4. The topological polar surface area (TPSA) is 67.4 Å². The van der Waals surface area contributed by atoms with E-state index in [1.54, 1.807) is 24.3 Å². The Kier molecular flexibility index (Phi) is 4.16. The zero-order valence-electron chi connectivity index (χ0n) is 11.9. The number of amides is 2. The van der Waals surface area contributed by atoms with Crippen molar-refractivity contribution < 1.29 is 14.3 Å². The highest BCUT2D eigenvalue weighted by atomic mass is 32.1. The van der Waals surface area contributed by atoms with E-state index in [1.165, 1.54) is 6.08 Å². The molecule has 0 spiro atoms. The predicted octanol–water partition coefficient (Wildman–Crippen LogP) is 2.39. The maximum atomic E-state index is 11.8. The molecule has 1 heterocycles. The lowest BCUT2D eigenvalue weighted by Gasteiger charge is -2.16. The van der Waals surface area contributed by atoms with E-state index in [0.29, 0.717) is 17.1 Å². The number of carbonyl (C=O) groups is 2. The summed E-state index contributed by atoms with van der Waals surface area (Å²) in [6, 6.07) is 16.4. The van der Waals surface area contributed by atoms with Crippen LogP contribution in [0.15, 0.2) is 60.2 Å². The molecule has 0 atom stereocenters. The number of hydrogen-bond donors (Lipinski definition) is 2. The first-order valence-corrected chi connectivity index (χ1v) is 7.24. The van der Waals surface area contributed by atoms with E-state index in [1.807, 2.05) is 30.3 Å². The highest BCUT2D eigenvalue weighted by Crippen LogP contribution is 2.23. The van der Waals surface area contributed by atoms with E-state index < -0.39 is 11.8 Å². The predicted molar refractivity (Wildman–Crippen MR) is 89.8 cm³/mol. The van der Waals surface area contributed by atoms with Crippen LogP contribution >= 0.6 is 12.2 Å². The highest BCUT2D eigenvalue weighted by Gasteiger charge is 2.25. The van der Waals surface area contributed by atoms with Gasteiger partial charge in [0.25, 0.3) is 11.8 Å². The number of nitrogens with one attached hydrogen (secondary N) is 2. The van der Waals surface area contributed by atoms with Gasteiger partial charge >= 0.3 is 0 Å². The van der Waals surface area contributed by atoms with Crippen LogP contribution in [0.1, 0.15) is 5.56 Å². The third kappa shape index (κ3) is 3.61. The molecule has 0 bridgehead atoms. The second kappa shape index (κ2) is 6.41. The van der Waals surface area contributed by atoms with E-state index in [0.717, 1.165) is 0 Å². The third-order valence-electron chi connectivity index (χ3n) is 3.09. The molecule has 0 unspecified atom stereocenters. The Morgan fingerprint density at radius 2 is 1.52 bits per heavy atom. The summed E-state index contributed by atoms with van der Waals surface area (Å²) in [6.07, 6.45) is 1.49. The molecule has 1 saturated heterocycles. The molecule has 2 amide bonds. The van der Waals surface area contributed by atoms with Gasteiger partial charge in [0.15, 0.2) is 5.11 Å². The van der Waals surface area contributed by atoms with Crippen LogP contribution in [0.25, 0.3) is 6.08 Å². The number of benzene rings is 2. The summed E-state index contributed by atoms with van der Waals surface area (Å²) in [5.74, 6) is 0.273. The lowest BCUT2D eigenvalue weighted by molar-refractivity contribution is -0.123. The Bertz CT molecular complexity index is 794. The molecule has 1 aliphatic rings. The lowest BCUT2D eigenvalue weighted by Crippen LogP contribution is -2.51. The molecule has 5 nitrogen and oxygen atoms in total. The zero-order valence-corrected chi connectivity index (χ0v) is 12.7. The maximum absolute atomic E-state index is 11.8. The van der Waals surface area contributed by atoms with Gasteiger partial charge in [-0.1, -0.05) is 30.3 Å². The average Bonchev–Trinajstić information content (AvgIpc) is 2.52. The minimum atomic E-state index is -0.520. The summed E-state index contributed by atoms with van der Waals surface area (Å²) < 4.78 is 5.73. The number of para-hydroxylation sites is 1. The van der Waals surface area contributed by atoms with E-state index >= 15 is 0 Å². The van der Waals surface area contributed by atoms with Gasteiger partial charge in [-0.25, -0.2) is 0 Å². The maximum Gasteiger partial charge on any atom is 0.263 e. The molecule has 23 heavy (non-hydrogen) atoms. The van der Waals surface area contributed by atoms with Crippen LogP contribution < -0.4 is 15.4 Å². The summed E-state index contributed by atoms with van der Waals surface area (Å²) in [7, 11) is 0. The van der Waals surface area contributed by atoms with Crippen molar-refractivity contribution >= 4 is 35.2 Å². The van der Waals surface area contributed by atoms with Gasteiger partial charge in [-0.2, -0.15) is 0 Å². The Hall–Kier alpha value is -2.99. The number of thiocarbonyl (C=S) groups is 1. The van der Waals surface area contributed by atoms with Crippen molar-refractivity contribution in [3.8, 4) is 11.5 Å². The van der Waals surface area contributed by atoms with E-state index in [4.69, 9.17) is 17.0 Å². The molecule has 0 aromatic heterocycles. The Balaban J connectivity index is 1.85. The van der Waals surface area contributed by atoms with Crippen LogP contribution in [0.4, 0.5) is 0 Å². The van der Waals surface area contributed by atoms with Crippen molar-refractivity contribution in [2.45, 2.75) is 0 Å². The van der Waals surface area contributed by atoms with Crippen molar-refractivity contribution in [1.82, 2.24) is 10.6 Å². The number of ether oxygens (including phenoxy) is 1. The van der Waals surface area contributed by atoms with Crippen LogP contribution in [0, 0.1) is 0 Å². The number of rotatable bonds is 3. The summed E-state index contributed by atoms with van der Waals surface area (Å²) in [4.78, 5) is 23.7. The van der Waals surface area contributed by atoms with Gasteiger partial charge in [0.1, 0.15) is 17.1 Å². The Labute approximate surface area is 138 Å². The molecular weight excluding hydrogens is 312 g/mol. The van der Waals surface area contributed by atoms with E-state index in [-0.39, 0.29) is 10.7 Å². The second-order valence-corrected chi connectivity index (χ2v) is 5.19. The Morgan fingerprint density at radius 1 is 0.870 bits per heavy atom. The molecule has 1 aliphatic heterocycles. The average molecular weight is 324 g/mol. The molecule has 0 saturated carbocycles. The van der Waals surface area contributed by atoms with Gasteiger partial charge in [0, 0.05) is 0 Å². The normalized spacial score (nSPS) is 14.1. The molecule has 114 valence electrons. The fourth-order valence-corrected chi connectivity index (χ4v) is 2.25. The standard InChI is InChI=1S/C17H12N2O3S/c20-15-14(16(21)19-17(23)18-15)10-11-5-4-8-13(9-11)22-12-6-2-1-3-7-12/h1-10H,(H2,18,19,20,21,23). The monoisotopic (exact) mass is 324 g/mol. The van der Waals surface area contributed by atoms with Gasteiger partial charge in [0.2, 0.25) is 0 Å². The smallest absolute Gasteiger partial charge is 0.263 e. The van der Waals surface area contributed by atoms with Crippen LogP contribution in [-0.4, -0.2) is 16.9 Å². The molecule has 2 aromatic rings. The van der Waals surface area contributed by atoms with E-state index in [9.17, 15) is 9.59 Å². The minimum Gasteiger partial charge on any atom is -0.457 e. The fourth-order valence-electron chi connectivity index (χ4n) is 2.07. The van der Waals surface area contributed by atoms with Gasteiger partial charge < -0.3 is 4.74 Å². The molecule has 0 aliphatic carbocycles. The van der Waals surface area contributed by atoms with E-state index in [2.05, 4.69) is 10.6 Å². The van der Waals surface area contributed by atoms with Crippen molar-refractivity contribution in [3.63, 3.8) is 0 Å². The number of carbonyl (C=O) groups excluding carboxylic acids is 2.